The zero-order valence-corrected chi connectivity index (χ0v) is 13.6. The number of rotatable bonds is 8. The zero-order chi connectivity index (χ0) is 16.5. The number of anilines is 1. The van der Waals surface area contributed by atoms with Crippen molar-refractivity contribution in [1.29, 1.82) is 0 Å². The lowest BCUT2D eigenvalue weighted by Crippen LogP contribution is -2.23. The number of ether oxygens (including phenoxy) is 1. The summed E-state index contributed by atoms with van der Waals surface area (Å²) in [5.74, 6) is 0.594. The van der Waals surface area contributed by atoms with Gasteiger partial charge in [-0.15, -0.1) is 0 Å². The second kappa shape index (κ2) is 8.90. The molecular weight excluding hydrogens is 290 g/mol. The molecule has 0 bridgehead atoms. The maximum atomic E-state index is 12.2. The minimum atomic E-state index is -0.104. The van der Waals surface area contributed by atoms with Crippen molar-refractivity contribution in [3.63, 3.8) is 0 Å². The van der Waals surface area contributed by atoms with Gasteiger partial charge in [0.2, 0.25) is 0 Å². The van der Waals surface area contributed by atoms with Gasteiger partial charge in [-0.05, 0) is 31.0 Å². The Morgan fingerprint density at radius 1 is 1.22 bits per heavy atom. The van der Waals surface area contributed by atoms with Gasteiger partial charge in [0.25, 0.3) is 5.91 Å². The molecular formula is C18H23N3O2. The summed E-state index contributed by atoms with van der Waals surface area (Å²) in [5.41, 5.74) is 2.88. The largest absolute Gasteiger partial charge is 0.385 e. The first-order valence-electron chi connectivity index (χ1n) is 7.71. The summed E-state index contributed by atoms with van der Waals surface area (Å²) >= 11 is 0. The van der Waals surface area contributed by atoms with E-state index in [1.807, 2.05) is 31.2 Å². The molecule has 5 nitrogen and oxygen atoms in total. The molecule has 0 aliphatic rings. The molecule has 0 radical (unpaired) electrons. The Bertz CT molecular complexity index is 626. The van der Waals surface area contributed by atoms with Crippen LogP contribution in [0.4, 0.5) is 5.82 Å². The van der Waals surface area contributed by atoms with Crippen molar-refractivity contribution < 1.29 is 9.53 Å². The summed E-state index contributed by atoms with van der Waals surface area (Å²) in [5, 5.41) is 6.11. The molecule has 122 valence electrons. The predicted octanol–water partition coefficient (Wildman–Crippen LogP) is 2.77. The highest BCUT2D eigenvalue weighted by molar-refractivity contribution is 5.94. The first-order chi connectivity index (χ1) is 11.2. The molecule has 0 spiro atoms. The Hall–Kier alpha value is -2.40. The summed E-state index contributed by atoms with van der Waals surface area (Å²) in [7, 11) is 1.68. The Morgan fingerprint density at radius 3 is 2.74 bits per heavy atom. The van der Waals surface area contributed by atoms with E-state index >= 15 is 0 Å². The lowest BCUT2D eigenvalue weighted by molar-refractivity contribution is 0.0951. The number of methoxy groups -OCH3 is 1. The third-order valence-electron chi connectivity index (χ3n) is 3.43. The number of hydrogen-bond acceptors (Lipinski definition) is 4. The highest BCUT2D eigenvalue weighted by Crippen LogP contribution is 2.08. The monoisotopic (exact) mass is 313 g/mol. The molecule has 1 amide bonds. The highest BCUT2D eigenvalue weighted by atomic mass is 16.5. The average Bonchev–Trinajstić information content (AvgIpc) is 2.58. The molecule has 0 aliphatic carbocycles. The Balaban J connectivity index is 1.87. The maximum absolute atomic E-state index is 12.2. The second-order valence-corrected chi connectivity index (χ2v) is 5.37. The van der Waals surface area contributed by atoms with Crippen molar-refractivity contribution >= 4 is 11.7 Å². The van der Waals surface area contributed by atoms with Crippen LogP contribution >= 0.6 is 0 Å². The number of aryl methyl sites for hydroxylation is 1. The van der Waals surface area contributed by atoms with Crippen molar-refractivity contribution in [2.24, 2.45) is 0 Å². The third-order valence-corrected chi connectivity index (χ3v) is 3.43. The Labute approximate surface area is 137 Å². The molecule has 0 saturated heterocycles. The normalized spacial score (nSPS) is 10.3. The van der Waals surface area contributed by atoms with Crippen LogP contribution in [-0.2, 0) is 11.3 Å². The summed E-state index contributed by atoms with van der Waals surface area (Å²) in [6.07, 6.45) is 2.53. The topological polar surface area (TPSA) is 63.2 Å². The molecule has 23 heavy (non-hydrogen) atoms. The fraction of sp³-hybridized carbons (Fsp3) is 0.333. The lowest BCUT2D eigenvalue weighted by atomic mass is 10.1. The molecule has 1 aromatic carbocycles. The number of amides is 1. The summed E-state index contributed by atoms with van der Waals surface area (Å²) in [6.45, 7) is 4.01. The fourth-order valence-corrected chi connectivity index (χ4v) is 2.09. The van der Waals surface area contributed by atoms with Crippen LogP contribution < -0.4 is 10.6 Å². The van der Waals surface area contributed by atoms with Gasteiger partial charge in [-0.3, -0.25) is 4.79 Å². The molecule has 0 saturated carbocycles. The number of pyridine rings is 1. The number of carbonyl (C=O) groups excluding carboxylic acids is 1. The van der Waals surface area contributed by atoms with Crippen molar-refractivity contribution in [3.05, 3.63) is 59.3 Å². The number of carbonyl (C=O) groups is 1. The van der Waals surface area contributed by atoms with Gasteiger partial charge in [-0.2, -0.15) is 0 Å². The van der Waals surface area contributed by atoms with Crippen molar-refractivity contribution in [2.45, 2.75) is 19.9 Å². The van der Waals surface area contributed by atoms with E-state index in [0.717, 1.165) is 18.5 Å². The lowest BCUT2D eigenvalue weighted by Gasteiger charge is -2.08. The van der Waals surface area contributed by atoms with E-state index in [-0.39, 0.29) is 5.91 Å². The molecule has 5 heteroatoms. The fourth-order valence-electron chi connectivity index (χ4n) is 2.09. The van der Waals surface area contributed by atoms with E-state index in [0.29, 0.717) is 24.5 Å². The van der Waals surface area contributed by atoms with Gasteiger partial charge < -0.3 is 15.4 Å². The van der Waals surface area contributed by atoms with Gasteiger partial charge in [0.1, 0.15) is 5.82 Å². The van der Waals surface area contributed by atoms with Crippen LogP contribution in [0.25, 0.3) is 0 Å². The highest BCUT2D eigenvalue weighted by Gasteiger charge is 2.06. The number of nitrogens with zero attached hydrogens (tertiary/aromatic N) is 1. The second-order valence-electron chi connectivity index (χ2n) is 5.37. The van der Waals surface area contributed by atoms with Crippen LogP contribution in [0.15, 0.2) is 42.6 Å². The molecule has 2 N–H and O–H groups in total. The molecule has 0 atom stereocenters. The molecule has 0 unspecified atom stereocenters. The van der Waals surface area contributed by atoms with Crippen molar-refractivity contribution in [2.75, 3.05) is 25.6 Å². The van der Waals surface area contributed by atoms with Crippen LogP contribution in [0.3, 0.4) is 0 Å². The van der Waals surface area contributed by atoms with Crippen LogP contribution in [0, 0.1) is 6.92 Å². The van der Waals surface area contributed by atoms with Gasteiger partial charge in [-0.1, -0.05) is 29.8 Å². The van der Waals surface area contributed by atoms with Crippen LogP contribution in [0.5, 0.6) is 0 Å². The minimum Gasteiger partial charge on any atom is -0.385 e. The van der Waals surface area contributed by atoms with Gasteiger partial charge >= 0.3 is 0 Å². The van der Waals surface area contributed by atoms with E-state index in [9.17, 15) is 4.79 Å². The van der Waals surface area contributed by atoms with E-state index in [2.05, 4.69) is 15.6 Å². The van der Waals surface area contributed by atoms with E-state index in [4.69, 9.17) is 4.74 Å². The van der Waals surface area contributed by atoms with Gasteiger partial charge in [0, 0.05) is 38.6 Å². The average molecular weight is 313 g/mol. The maximum Gasteiger partial charge on any atom is 0.251 e. The number of benzene rings is 1. The van der Waals surface area contributed by atoms with E-state index in [1.165, 1.54) is 5.56 Å². The third kappa shape index (κ3) is 5.71. The Kier molecular flexibility index (Phi) is 6.56. The number of aromatic nitrogens is 1. The van der Waals surface area contributed by atoms with Crippen molar-refractivity contribution in [1.82, 2.24) is 10.3 Å². The standard InChI is InChI=1S/C18H23N3O2/c1-14-4-6-15(7-5-14)13-21-18(22)16-8-10-20-17(12-16)19-9-3-11-23-2/h4-8,10,12H,3,9,11,13H2,1-2H3,(H,19,20)(H,21,22). The molecule has 1 heterocycles. The Morgan fingerprint density at radius 2 is 2.00 bits per heavy atom. The predicted molar refractivity (Wildman–Crippen MR) is 91.6 cm³/mol. The van der Waals surface area contributed by atoms with Crippen molar-refractivity contribution in [3.8, 4) is 0 Å². The molecule has 0 aliphatic heterocycles. The van der Waals surface area contributed by atoms with Gasteiger partial charge in [-0.25, -0.2) is 4.98 Å². The van der Waals surface area contributed by atoms with E-state index in [1.54, 1.807) is 25.4 Å². The van der Waals surface area contributed by atoms with Crippen LogP contribution in [0.1, 0.15) is 27.9 Å². The molecule has 2 aromatic rings. The SMILES string of the molecule is COCCCNc1cc(C(=O)NCc2ccc(C)cc2)ccn1. The summed E-state index contributed by atoms with van der Waals surface area (Å²) < 4.78 is 5.00. The summed E-state index contributed by atoms with van der Waals surface area (Å²) in [6, 6.07) is 11.6. The number of hydrogen-bond donors (Lipinski definition) is 2. The molecule has 2 rings (SSSR count). The quantitative estimate of drug-likeness (QED) is 0.736. The molecule has 1 aromatic heterocycles. The van der Waals surface area contributed by atoms with Crippen LogP contribution in [-0.4, -0.2) is 31.2 Å². The molecule has 0 fully saturated rings. The first-order valence-corrected chi connectivity index (χ1v) is 7.71. The summed E-state index contributed by atoms with van der Waals surface area (Å²) in [4.78, 5) is 16.4. The smallest absolute Gasteiger partial charge is 0.251 e. The minimum absolute atomic E-state index is 0.104. The first kappa shape index (κ1) is 17.0. The zero-order valence-electron chi connectivity index (χ0n) is 13.6. The van der Waals surface area contributed by atoms with Gasteiger partial charge in [0.05, 0.1) is 0 Å². The van der Waals surface area contributed by atoms with E-state index < -0.39 is 0 Å². The van der Waals surface area contributed by atoms with Gasteiger partial charge in [0.15, 0.2) is 0 Å². The number of nitrogens with one attached hydrogen (secondary N) is 2. The van der Waals surface area contributed by atoms with Crippen LogP contribution in [0.2, 0.25) is 0 Å².